The molecule has 0 bridgehead atoms. The Hall–Kier alpha value is -3.10. The summed E-state index contributed by atoms with van der Waals surface area (Å²) in [5, 5.41) is 3.40. The summed E-state index contributed by atoms with van der Waals surface area (Å²) in [5.74, 6) is 1.23. The molecule has 8 heteroatoms. The molecule has 0 spiro atoms. The van der Waals surface area contributed by atoms with Gasteiger partial charge in [0, 0.05) is 32.4 Å². The van der Waals surface area contributed by atoms with E-state index in [1.807, 2.05) is 36.4 Å². The zero-order valence-electron chi connectivity index (χ0n) is 21.0. The maximum absolute atomic E-state index is 14.0. The average molecular weight is 495 g/mol. The van der Waals surface area contributed by atoms with Crippen molar-refractivity contribution in [3.63, 3.8) is 0 Å². The van der Waals surface area contributed by atoms with Gasteiger partial charge in [-0.2, -0.15) is 0 Å². The summed E-state index contributed by atoms with van der Waals surface area (Å²) in [6.07, 6.45) is 3.93. The molecule has 0 aromatic heterocycles. The van der Waals surface area contributed by atoms with Gasteiger partial charge >= 0.3 is 5.97 Å². The van der Waals surface area contributed by atoms with Crippen molar-refractivity contribution in [2.75, 3.05) is 40.5 Å². The van der Waals surface area contributed by atoms with E-state index in [0.717, 1.165) is 42.9 Å². The Morgan fingerprint density at radius 3 is 2.39 bits per heavy atom. The van der Waals surface area contributed by atoms with Gasteiger partial charge in [0.1, 0.15) is 23.1 Å². The Morgan fingerprint density at radius 2 is 1.72 bits per heavy atom. The van der Waals surface area contributed by atoms with Gasteiger partial charge in [0.05, 0.1) is 25.3 Å². The molecule has 2 heterocycles. The van der Waals surface area contributed by atoms with Crippen LogP contribution in [0.5, 0.6) is 11.5 Å². The van der Waals surface area contributed by atoms with Crippen LogP contribution >= 0.6 is 0 Å². The van der Waals surface area contributed by atoms with E-state index in [2.05, 4.69) is 10.2 Å². The first-order valence-electron chi connectivity index (χ1n) is 12.6. The van der Waals surface area contributed by atoms with Crippen molar-refractivity contribution in [3.05, 3.63) is 59.7 Å². The van der Waals surface area contributed by atoms with Crippen molar-refractivity contribution >= 4 is 11.9 Å². The number of carbonyl (C=O) groups excluding carboxylic acids is 2. The summed E-state index contributed by atoms with van der Waals surface area (Å²) in [5.41, 5.74) is 0.522. The van der Waals surface area contributed by atoms with E-state index in [1.165, 1.54) is 7.11 Å². The molecule has 2 aliphatic heterocycles. The van der Waals surface area contributed by atoms with Crippen molar-refractivity contribution in [2.45, 2.75) is 49.3 Å². The Kier molecular flexibility index (Phi) is 6.90. The second-order valence-electron chi connectivity index (χ2n) is 9.90. The summed E-state index contributed by atoms with van der Waals surface area (Å²) in [4.78, 5) is 28.1. The molecule has 1 aliphatic carbocycles. The lowest BCUT2D eigenvalue weighted by molar-refractivity contribution is -0.141. The standard InChI is InChI=1S/C28H34N2O6/c1-33-22-4-3-5-23(18-22)36-24-10-15-30(19-24)28(13-16-35-17-14-28)26(32)29-27(11-12-27)21-8-6-20(7-9-21)25(31)34-2/h3-9,18,24H,10-17,19H2,1-2H3,(H,29,32)/t24-/m1/s1. The average Bonchev–Trinajstić information content (AvgIpc) is 3.56. The Labute approximate surface area is 211 Å². The van der Waals surface area contributed by atoms with Crippen molar-refractivity contribution < 1.29 is 28.5 Å². The number of methoxy groups -OCH3 is 2. The molecule has 1 amide bonds. The monoisotopic (exact) mass is 494 g/mol. The minimum absolute atomic E-state index is 0.00498. The number of benzene rings is 2. The Balaban J connectivity index is 1.29. The third-order valence-electron chi connectivity index (χ3n) is 7.80. The van der Waals surface area contributed by atoms with Crippen LogP contribution < -0.4 is 14.8 Å². The van der Waals surface area contributed by atoms with E-state index in [1.54, 1.807) is 19.2 Å². The summed E-state index contributed by atoms with van der Waals surface area (Å²) in [7, 11) is 3.01. The molecule has 8 nitrogen and oxygen atoms in total. The number of rotatable bonds is 8. The molecule has 3 fully saturated rings. The number of likely N-dealkylation sites (tertiary alicyclic amines) is 1. The molecule has 2 aromatic rings. The third-order valence-corrected chi connectivity index (χ3v) is 7.80. The first-order valence-corrected chi connectivity index (χ1v) is 12.6. The van der Waals surface area contributed by atoms with Crippen LogP contribution in [0.25, 0.3) is 0 Å². The van der Waals surface area contributed by atoms with Gasteiger partial charge in [0.25, 0.3) is 0 Å². The van der Waals surface area contributed by atoms with Gasteiger partial charge < -0.3 is 24.3 Å². The number of hydrogen-bond acceptors (Lipinski definition) is 7. The minimum Gasteiger partial charge on any atom is -0.497 e. The maximum Gasteiger partial charge on any atom is 0.337 e. The molecule has 1 N–H and O–H groups in total. The third kappa shape index (κ3) is 4.80. The topological polar surface area (TPSA) is 86.3 Å². The van der Waals surface area contributed by atoms with Crippen LogP contribution in [0.3, 0.4) is 0 Å². The van der Waals surface area contributed by atoms with Crippen LogP contribution in [-0.4, -0.2) is 68.9 Å². The highest BCUT2D eigenvalue weighted by atomic mass is 16.5. The van der Waals surface area contributed by atoms with E-state index in [-0.39, 0.29) is 23.5 Å². The highest BCUT2D eigenvalue weighted by Gasteiger charge is 2.53. The van der Waals surface area contributed by atoms with Gasteiger partial charge in [-0.25, -0.2) is 4.79 Å². The number of ether oxygens (including phenoxy) is 4. The van der Waals surface area contributed by atoms with E-state index in [9.17, 15) is 9.59 Å². The molecule has 3 aliphatic rings. The quantitative estimate of drug-likeness (QED) is 0.564. The summed E-state index contributed by atoms with van der Waals surface area (Å²) >= 11 is 0. The van der Waals surface area contributed by atoms with Crippen LogP contribution in [0.2, 0.25) is 0 Å². The normalized spacial score (nSPS) is 22.4. The molecule has 2 saturated heterocycles. The Bertz CT molecular complexity index is 1090. The summed E-state index contributed by atoms with van der Waals surface area (Å²) in [6.45, 7) is 2.60. The minimum atomic E-state index is -0.619. The van der Waals surface area contributed by atoms with Gasteiger partial charge in [0.15, 0.2) is 0 Å². The van der Waals surface area contributed by atoms with E-state index in [0.29, 0.717) is 38.2 Å². The molecule has 1 saturated carbocycles. The van der Waals surface area contributed by atoms with E-state index < -0.39 is 5.54 Å². The molecule has 0 unspecified atom stereocenters. The molecule has 5 rings (SSSR count). The molecule has 1 atom stereocenters. The number of nitrogens with zero attached hydrogens (tertiary/aromatic N) is 1. The molecular formula is C28H34N2O6. The zero-order chi connectivity index (χ0) is 25.2. The number of hydrogen-bond donors (Lipinski definition) is 1. The number of esters is 1. The largest absolute Gasteiger partial charge is 0.497 e. The van der Waals surface area contributed by atoms with E-state index >= 15 is 0 Å². The maximum atomic E-state index is 14.0. The lowest BCUT2D eigenvalue weighted by atomic mass is 9.86. The summed E-state index contributed by atoms with van der Waals surface area (Å²) < 4.78 is 22.0. The number of carbonyl (C=O) groups is 2. The lowest BCUT2D eigenvalue weighted by Gasteiger charge is -2.43. The van der Waals surface area contributed by atoms with Crippen LogP contribution in [-0.2, 0) is 19.8 Å². The lowest BCUT2D eigenvalue weighted by Crippen LogP contribution is -2.62. The molecule has 0 radical (unpaired) electrons. The molecular weight excluding hydrogens is 460 g/mol. The first-order chi connectivity index (χ1) is 17.5. The second kappa shape index (κ2) is 10.1. The predicted molar refractivity (Wildman–Crippen MR) is 133 cm³/mol. The van der Waals surface area contributed by atoms with Gasteiger partial charge in [0.2, 0.25) is 5.91 Å². The fourth-order valence-corrected chi connectivity index (χ4v) is 5.46. The first kappa shape index (κ1) is 24.6. The number of amides is 1. The fourth-order valence-electron chi connectivity index (χ4n) is 5.46. The van der Waals surface area contributed by atoms with Crippen LogP contribution in [0, 0.1) is 0 Å². The number of nitrogens with one attached hydrogen (secondary N) is 1. The van der Waals surface area contributed by atoms with Crippen LogP contribution in [0.4, 0.5) is 0 Å². The van der Waals surface area contributed by atoms with Crippen molar-refractivity contribution in [3.8, 4) is 11.5 Å². The smallest absolute Gasteiger partial charge is 0.337 e. The van der Waals surface area contributed by atoms with Crippen LogP contribution in [0.15, 0.2) is 48.5 Å². The predicted octanol–water partition coefficient (Wildman–Crippen LogP) is 3.29. The molecule has 2 aromatic carbocycles. The fraction of sp³-hybridized carbons (Fsp3) is 0.500. The van der Waals surface area contributed by atoms with Crippen molar-refractivity contribution in [1.29, 1.82) is 0 Å². The van der Waals surface area contributed by atoms with E-state index in [4.69, 9.17) is 18.9 Å². The molecule has 36 heavy (non-hydrogen) atoms. The van der Waals surface area contributed by atoms with Gasteiger partial charge in [-0.3, -0.25) is 9.69 Å². The van der Waals surface area contributed by atoms with Crippen LogP contribution in [0.1, 0.15) is 48.0 Å². The SMILES string of the molecule is COC(=O)c1ccc(C2(NC(=O)C3(N4CC[C@@H](Oc5cccc(OC)c5)C4)CCOCC3)CC2)cc1. The van der Waals surface area contributed by atoms with Crippen molar-refractivity contribution in [2.24, 2.45) is 0 Å². The second-order valence-corrected chi connectivity index (χ2v) is 9.90. The highest BCUT2D eigenvalue weighted by Crippen LogP contribution is 2.47. The highest BCUT2D eigenvalue weighted by molar-refractivity contribution is 5.90. The van der Waals surface area contributed by atoms with Gasteiger partial charge in [-0.15, -0.1) is 0 Å². The van der Waals surface area contributed by atoms with Gasteiger partial charge in [-0.05, 0) is 61.9 Å². The Morgan fingerprint density at radius 1 is 1.00 bits per heavy atom. The van der Waals surface area contributed by atoms with Crippen molar-refractivity contribution in [1.82, 2.24) is 10.2 Å². The zero-order valence-corrected chi connectivity index (χ0v) is 21.0. The van der Waals surface area contributed by atoms with Gasteiger partial charge in [-0.1, -0.05) is 18.2 Å². The summed E-state index contributed by atoms with van der Waals surface area (Å²) in [6, 6.07) is 15.0. The molecule has 192 valence electrons.